The Hall–Kier alpha value is 0.177. The van der Waals surface area contributed by atoms with Gasteiger partial charge in [0.1, 0.15) is 13.5 Å². The number of halogens is 1. The summed E-state index contributed by atoms with van der Waals surface area (Å²) in [7, 11) is -1.49. The number of carbonyl (C=O) groups is 1. The van der Waals surface area contributed by atoms with Crippen molar-refractivity contribution in [3.63, 3.8) is 0 Å². The zero-order valence-corrected chi connectivity index (χ0v) is 10.1. The highest BCUT2D eigenvalue weighted by atomic mass is 35.5. The van der Waals surface area contributed by atoms with Crippen LogP contribution < -0.4 is 0 Å². The van der Waals surface area contributed by atoms with Crippen LogP contribution in [0.3, 0.4) is 0 Å². The van der Waals surface area contributed by atoms with Crippen molar-refractivity contribution in [2.45, 2.75) is 45.3 Å². The quantitative estimate of drug-likeness (QED) is 0.371. The Morgan fingerprint density at radius 1 is 1.17 bits per heavy atom. The molecule has 0 rings (SSSR count). The molecule has 0 aromatic rings. The second kappa shape index (κ2) is 5.76. The van der Waals surface area contributed by atoms with Gasteiger partial charge in [0.25, 0.3) is 0 Å². The van der Waals surface area contributed by atoms with E-state index in [4.69, 9.17) is 11.6 Å². The minimum Gasteiger partial charge on any atom is -0.305 e. The van der Waals surface area contributed by atoms with Gasteiger partial charge in [-0.2, -0.15) is 0 Å². The molecule has 0 N–H and O–H groups in total. The molecule has 0 aromatic carbocycles. The third-order valence-corrected chi connectivity index (χ3v) is 4.06. The van der Waals surface area contributed by atoms with Crippen LogP contribution in [-0.4, -0.2) is 19.4 Å². The van der Waals surface area contributed by atoms with E-state index in [-0.39, 0.29) is 0 Å². The predicted octanol–water partition coefficient (Wildman–Crippen LogP) is 3.23. The van der Waals surface area contributed by atoms with Crippen LogP contribution in [0.1, 0.15) is 25.7 Å². The van der Waals surface area contributed by atoms with E-state index in [0.717, 1.165) is 31.6 Å². The van der Waals surface area contributed by atoms with Crippen molar-refractivity contribution in [3.05, 3.63) is 0 Å². The summed E-state index contributed by atoms with van der Waals surface area (Å²) in [4.78, 5) is 11.5. The average Bonchev–Trinajstić information content (AvgIpc) is 1.96. The van der Waals surface area contributed by atoms with Crippen molar-refractivity contribution >= 4 is 25.1 Å². The molecule has 0 saturated carbocycles. The maximum Gasteiger partial charge on any atom is 0.123 e. The molecule has 0 saturated heterocycles. The number of unbranched alkanes of at least 4 members (excludes halogenated alkanes) is 2. The zero-order chi connectivity index (χ0) is 9.61. The highest BCUT2D eigenvalue weighted by molar-refractivity contribution is 7.03. The lowest BCUT2D eigenvalue weighted by atomic mass is 10.2. The van der Waals surface area contributed by atoms with Crippen molar-refractivity contribution in [1.82, 2.24) is 0 Å². The van der Waals surface area contributed by atoms with Gasteiger partial charge in [-0.25, -0.2) is 0 Å². The average molecular weight is 207 g/mol. The standard InChI is InChI=1S/C9H19ClOSi/c1-12(2,3)9(11)7-5-4-6-8-10/h4-8H2,1-3H3. The van der Waals surface area contributed by atoms with Gasteiger partial charge in [-0.1, -0.05) is 26.1 Å². The fourth-order valence-electron chi connectivity index (χ4n) is 0.932. The fraction of sp³-hybridized carbons (Fsp3) is 0.889. The van der Waals surface area contributed by atoms with Gasteiger partial charge in [0, 0.05) is 12.3 Å². The Balaban J connectivity index is 3.45. The fourth-order valence-corrected chi connectivity index (χ4v) is 2.05. The van der Waals surface area contributed by atoms with E-state index >= 15 is 0 Å². The Kier molecular flexibility index (Phi) is 5.84. The molecule has 3 heteroatoms. The van der Waals surface area contributed by atoms with E-state index < -0.39 is 8.07 Å². The summed E-state index contributed by atoms with van der Waals surface area (Å²) in [6, 6.07) is 0. The first kappa shape index (κ1) is 12.2. The molecule has 0 aliphatic heterocycles. The van der Waals surface area contributed by atoms with Gasteiger partial charge >= 0.3 is 0 Å². The summed E-state index contributed by atoms with van der Waals surface area (Å²) in [5.74, 6) is 0.723. The molecule has 0 aromatic heterocycles. The molecule has 1 nitrogen and oxygen atoms in total. The highest BCUT2D eigenvalue weighted by Gasteiger charge is 2.22. The second-order valence-electron chi connectivity index (χ2n) is 4.17. The molecule has 0 heterocycles. The van der Waals surface area contributed by atoms with Crippen molar-refractivity contribution in [1.29, 1.82) is 0 Å². The number of carbonyl (C=O) groups excluding carboxylic acids is 1. The SMILES string of the molecule is C[Si](C)(C)C(=O)CCCCCCl. The van der Waals surface area contributed by atoms with Gasteiger partial charge in [0.05, 0.1) is 0 Å². The van der Waals surface area contributed by atoms with E-state index in [9.17, 15) is 4.79 Å². The van der Waals surface area contributed by atoms with E-state index in [0.29, 0.717) is 5.41 Å². The monoisotopic (exact) mass is 206 g/mol. The summed E-state index contributed by atoms with van der Waals surface area (Å²) in [6.07, 6.45) is 3.93. The summed E-state index contributed by atoms with van der Waals surface area (Å²) in [5, 5.41) is 0.497. The molecule has 0 aliphatic rings. The Labute approximate surface area is 81.5 Å². The van der Waals surface area contributed by atoms with Gasteiger partial charge in [-0.05, 0) is 12.8 Å². The summed E-state index contributed by atoms with van der Waals surface area (Å²) >= 11 is 5.53. The van der Waals surface area contributed by atoms with Crippen molar-refractivity contribution < 1.29 is 4.79 Å². The minimum absolute atomic E-state index is 0.497. The van der Waals surface area contributed by atoms with Crippen LogP contribution in [0.15, 0.2) is 0 Å². The highest BCUT2D eigenvalue weighted by Crippen LogP contribution is 2.09. The number of hydrogen-bond acceptors (Lipinski definition) is 1. The molecular formula is C9H19ClOSi. The Morgan fingerprint density at radius 3 is 2.17 bits per heavy atom. The van der Waals surface area contributed by atoms with Gasteiger partial charge in [-0.3, -0.25) is 0 Å². The van der Waals surface area contributed by atoms with Gasteiger partial charge < -0.3 is 4.79 Å². The van der Waals surface area contributed by atoms with Gasteiger partial charge in [-0.15, -0.1) is 11.6 Å². The third kappa shape index (κ3) is 5.78. The van der Waals surface area contributed by atoms with Crippen LogP contribution in [-0.2, 0) is 4.79 Å². The lowest BCUT2D eigenvalue weighted by Gasteiger charge is -2.13. The van der Waals surface area contributed by atoms with E-state index in [1.165, 1.54) is 0 Å². The van der Waals surface area contributed by atoms with Crippen LogP contribution in [0.25, 0.3) is 0 Å². The molecule has 12 heavy (non-hydrogen) atoms. The number of hydrogen-bond donors (Lipinski definition) is 0. The van der Waals surface area contributed by atoms with Crippen molar-refractivity contribution in [2.75, 3.05) is 5.88 Å². The maximum atomic E-state index is 11.5. The zero-order valence-electron chi connectivity index (χ0n) is 8.32. The molecular weight excluding hydrogens is 188 g/mol. The van der Waals surface area contributed by atoms with Gasteiger partial charge in [0.15, 0.2) is 0 Å². The van der Waals surface area contributed by atoms with Crippen LogP contribution in [0.2, 0.25) is 19.6 Å². The first-order valence-electron chi connectivity index (χ1n) is 4.57. The third-order valence-electron chi connectivity index (χ3n) is 1.87. The lowest BCUT2D eigenvalue weighted by molar-refractivity contribution is -0.112. The number of rotatable bonds is 6. The lowest BCUT2D eigenvalue weighted by Crippen LogP contribution is -2.32. The molecule has 0 atom stereocenters. The van der Waals surface area contributed by atoms with Crippen LogP contribution in [0.4, 0.5) is 0 Å². The van der Waals surface area contributed by atoms with Crippen molar-refractivity contribution in [3.8, 4) is 0 Å². The van der Waals surface area contributed by atoms with E-state index in [1.807, 2.05) is 0 Å². The van der Waals surface area contributed by atoms with Crippen molar-refractivity contribution in [2.24, 2.45) is 0 Å². The molecule has 0 unspecified atom stereocenters. The van der Waals surface area contributed by atoms with E-state index in [1.54, 1.807) is 0 Å². The molecule has 0 spiro atoms. The normalized spacial score (nSPS) is 11.7. The van der Waals surface area contributed by atoms with Crippen LogP contribution in [0, 0.1) is 0 Å². The second-order valence-corrected chi connectivity index (χ2v) is 9.61. The number of alkyl halides is 1. The van der Waals surface area contributed by atoms with Crippen LogP contribution in [0.5, 0.6) is 0 Å². The molecule has 0 radical (unpaired) electrons. The smallest absolute Gasteiger partial charge is 0.123 e. The largest absolute Gasteiger partial charge is 0.305 e. The van der Waals surface area contributed by atoms with Crippen LogP contribution >= 0.6 is 11.6 Å². The molecule has 0 bridgehead atoms. The Morgan fingerprint density at radius 2 is 1.75 bits per heavy atom. The first-order valence-corrected chi connectivity index (χ1v) is 8.61. The van der Waals surface area contributed by atoms with Gasteiger partial charge in [0.2, 0.25) is 0 Å². The summed E-state index contributed by atoms with van der Waals surface area (Å²) in [5.41, 5.74) is 0. The summed E-state index contributed by atoms with van der Waals surface area (Å²) < 4.78 is 0. The molecule has 0 aliphatic carbocycles. The topological polar surface area (TPSA) is 17.1 Å². The van der Waals surface area contributed by atoms with E-state index in [2.05, 4.69) is 19.6 Å². The molecule has 0 amide bonds. The maximum absolute atomic E-state index is 11.5. The summed E-state index contributed by atoms with van der Waals surface area (Å²) in [6.45, 7) is 6.32. The minimum atomic E-state index is -1.49. The first-order chi connectivity index (χ1) is 5.48. The molecule has 0 fully saturated rings. The predicted molar refractivity (Wildman–Crippen MR) is 57.5 cm³/mol. The Bertz CT molecular complexity index is 140. The molecule has 72 valence electrons.